The highest BCUT2D eigenvalue weighted by Gasteiger charge is 2.23. The average molecular weight is 296 g/mol. The Hall–Kier alpha value is -1.56. The number of likely N-dealkylation sites (tertiary alicyclic amines) is 1. The van der Waals surface area contributed by atoms with Gasteiger partial charge in [-0.25, -0.2) is 4.79 Å². The second-order valence-corrected chi connectivity index (χ2v) is 6.12. The Morgan fingerprint density at radius 2 is 2.15 bits per heavy atom. The number of carbonyl (C=O) groups is 2. The number of carboxylic acids is 1. The standard InChI is InChI=1S/C14H20N2O3S/c17-13(18)10-11-4-7-16(8-5-11)14(19)15-6-3-12-2-1-9-20-12/h1-2,9,11H,3-8,10H2,(H,15,19)(H,17,18). The zero-order chi connectivity index (χ0) is 14.4. The number of hydrogen-bond donors (Lipinski definition) is 2. The number of aliphatic carboxylic acids is 1. The lowest BCUT2D eigenvalue weighted by Crippen LogP contribution is -2.45. The molecule has 0 unspecified atom stereocenters. The summed E-state index contributed by atoms with van der Waals surface area (Å²) in [5.74, 6) is -0.536. The molecule has 1 aliphatic heterocycles. The maximum absolute atomic E-state index is 12.0. The number of nitrogens with one attached hydrogen (secondary N) is 1. The molecule has 0 aromatic carbocycles. The second-order valence-electron chi connectivity index (χ2n) is 5.09. The number of amides is 2. The van der Waals surface area contributed by atoms with Crippen molar-refractivity contribution < 1.29 is 14.7 Å². The summed E-state index contributed by atoms with van der Waals surface area (Å²) in [6, 6.07) is 4.04. The van der Waals surface area contributed by atoms with Gasteiger partial charge in [-0.05, 0) is 36.6 Å². The highest BCUT2D eigenvalue weighted by Crippen LogP contribution is 2.20. The molecule has 0 atom stereocenters. The molecule has 110 valence electrons. The van der Waals surface area contributed by atoms with Crippen LogP contribution in [0.15, 0.2) is 17.5 Å². The Morgan fingerprint density at radius 3 is 2.75 bits per heavy atom. The van der Waals surface area contributed by atoms with Gasteiger partial charge in [0.25, 0.3) is 0 Å². The van der Waals surface area contributed by atoms with Gasteiger partial charge in [-0.1, -0.05) is 6.07 Å². The van der Waals surface area contributed by atoms with Gasteiger partial charge in [0.2, 0.25) is 0 Å². The minimum Gasteiger partial charge on any atom is -0.481 e. The molecule has 0 aliphatic carbocycles. The van der Waals surface area contributed by atoms with Crippen LogP contribution in [0.1, 0.15) is 24.1 Å². The van der Waals surface area contributed by atoms with Gasteiger partial charge in [-0.2, -0.15) is 0 Å². The van der Waals surface area contributed by atoms with Crippen molar-refractivity contribution in [1.82, 2.24) is 10.2 Å². The monoisotopic (exact) mass is 296 g/mol. The van der Waals surface area contributed by atoms with E-state index in [0.29, 0.717) is 19.6 Å². The predicted octanol–water partition coefficient (Wildman–Crippen LogP) is 2.19. The molecule has 0 bridgehead atoms. The van der Waals surface area contributed by atoms with Crippen molar-refractivity contribution in [2.45, 2.75) is 25.7 Å². The van der Waals surface area contributed by atoms with E-state index in [0.717, 1.165) is 19.3 Å². The molecule has 1 saturated heterocycles. The van der Waals surface area contributed by atoms with Crippen molar-refractivity contribution in [3.8, 4) is 0 Å². The van der Waals surface area contributed by atoms with Crippen molar-refractivity contribution in [2.24, 2.45) is 5.92 Å². The lowest BCUT2D eigenvalue weighted by atomic mass is 9.94. The summed E-state index contributed by atoms with van der Waals surface area (Å²) in [5.41, 5.74) is 0. The largest absolute Gasteiger partial charge is 0.481 e. The normalized spacial score (nSPS) is 16.1. The molecule has 1 aromatic rings. The van der Waals surface area contributed by atoms with Crippen molar-refractivity contribution in [2.75, 3.05) is 19.6 Å². The minimum absolute atomic E-state index is 0.0321. The van der Waals surface area contributed by atoms with Gasteiger partial charge < -0.3 is 15.3 Å². The number of piperidine rings is 1. The predicted molar refractivity (Wildman–Crippen MR) is 78.0 cm³/mol. The van der Waals surface area contributed by atoms with E-state index in [1.54, 1.807) is 16.2 Å². The molecule has 5 nitrogen and oxygen atoms in total. The van der Waals surface area contributed by atoms with Crippen molar-refractivity contribution in [3.05, 3.63) is 22.4 Å². The third-order valence-electron chi connectivity index (χ3n) is 3.59. The van der Waals surface area contributed by atoms with Crippen molar-refractivity contribution in [3.63, 3.8) is 0 Å². The summed E-state index contributed by atoms with van der Waals surface area (Å²) in [7, 11) is 0. The van der Waals surface area contributed by atoms with E-state index in [1.165, 1.54) is 4.88 Å². The Labute approximate surface area is 122 Å². The second kappa shape index (κ2) is 7.28. The number of nitrogens with zero attached hydrogens (tertiary/aromatic N) is 1. The van der Waals surface area contributed by atoms with Crippen LogP contribution in [0, 0.1) is 5.92 Å². The summed E-state index contributed by atoms with van der Waals surface area (Å²) in [4.78, 5) is 25.7. The fraction of sp³-hybridized carbons (Fsp3) is 0.571. The first-order valence-electron chi connectivity index (χ1n) is 6.92. The van der Waals surface area contributed by atoms with Crippen LogP contribution in [-0.4, -0.2) is 41.6 Å². The van der Waals surface area contributed by atoms with Crippen LogP contribution in [0.5, 0.6) is 0 Å². The van der Waals surface area contributed by atoms with Gasteiger partial charge in [-0.15, -0.1) is 11.3 Å². The topological polar surface area (TPSA) is 69.6 Å². The van der Waals surface area contributed by atoms with Gasteiger partial charge in [0.05, 0.1) is 0 Å². The SMILES string of the molecule is O=C(O)CC1CCN(C(=O)NCCc2cccs2)CC1. The lowest BCUT2D eigenvalue weighted by Gasteiger charge is -2.31. The minimum atomic E-state index is -0.746. The lowest BCUT2D eigenvalue weighted by molar-refractivity contribution is -0.138. The van der Waals surface area contributed by atoms with Gasteiger partial charge >= 0.3 is 12.0 Å². The molecule has 1 aromatic heterocycles. The van der Waals surface area contributed by atoms with E-state index in [4.69, 9.17) is 5.11 Å². The van der Waals surface area contributed by atoms with Crippen LogP contribution >= 0.6 is 11.3 Å². The highest BCUT2D eigenvalue weighted by atomic mass is 32.1. The molecule has 0 radical (unpaired) electrons. The number of urea groups is 1. The van der Waals surface area contributed by atoms with Gasteiger partial charge in [0.1, 0.15) is 0 Å². The summed E-state index contributed by atoms with van der Waals surface area (Å²) in [6.07, 6.45) is 2.64. The van der Waals surface area contributed by atoms with E-state index in [1.807, 2.05) is 11.4 Å². The van der Waals surface area contributed by atoms with Crippen LogP contribution in [0.4, 0.5) is 4.79 Å². The Bertz CT molecular complexity index is 439. The number of rotatable bonds is 5. The smallest absolute Gasteiger partial charge is 0.317 e. The van der Waals surface area contributed by atoms with Crippen LogP contribution in [-0.2, 0) is 11.2 Å². The molecular weight excluding hydrogens is 276 g/mol. The molecule has 6 heteroatoms. The molecule has 0 saturated carbocycles. The first-order valence-corrected chi connectivity index (χ1v) is 7.80. The van der Waals surface area contributed by atoms with E-state index >= 15 is 0 Å². The number of thiophene rings is 1. The molecule has 2 rings (SSSR count). The van der Waals surface area contributed by atoms with Crippen molar-refractivity contribution >= 4 is 23.3 Å². The summed E-state index contributed by atoms with van der Waals surface area (Å²) >= 11 is 1.70. The summed E-state index contributed by atoms with van der Waals surface area (Å²) in [5, 5.41) is 13.7. The Morgan fingerprint density at radius 1 is 1.40 bits per heavy atom. The van der Waals surface area contributed by atoms with Crippen LogP contribution in [0.25, 0.3) is 0 Å². The van der Waals surface area contributed by atoms with Crippen LogP contribution in [0.2, 0.25) is 0 Å². The van der Waals surface area contributed by atoms with Gasteiger partial charge in [0.15, 0.2) is 0 Å². The van der Waals surface area contributed by atoms with E-state index in [2.05, 4.69) is 11.4 Å². The molecule has 1 fully saturated rings. The number of carbonyl (C=O) groups excluding carboxylic acids is 1. The first-order chi connectivity index (χ1) is 9.65. The van der Waals surface area contributed by atoms with E-state index in [9.17, 15) is 9.59 Å². The maximum atomic E-state index is 12.0. The summed E-state index contributed by atoms with van der Waals surface area (Å²) < 4.78 is 0. The number of carboxylic acid groups (broad SMARTS) is 1. The zero-order valence-corrected chi connectivity index (χ0v) is 12.2. The fourth-order valence-corrected chi connectivity index (χ4v) is 3.16. The first kappa shape index (κ1) is 14.8. The Balaban J connectivity index is 1.65. The molecule has 20 heavy (non-hydrogen) atoms. The summed E-state index contributed by atoms with van der Waals surface area (Å²) in [6.45, 7) is 1.96. The molecule has 0 spiro atoms. The van der Waals surface area contributed by atoms with Gasteiger partial charge in [-0.3, -0.25) is 4.79 Å². The third kappa shape index (κ3) is 4.52. The highest BCUT2D eigenvalue weighted by molar-refractivity contribution is 7.09. The van der Waals surface area contributed by atoms with Crippen LogP contribution < -0.4 is 5.32 Å². The quantitative estimate of drug-likeness (QED) is 0.875. The zero-order valence-electron chi connectivity index (χ0n) is 11.4. The molecule has 2 N–H and O–H groups in total. The number of hydrogen-bond acceptors (Lipinski definition) is 3. The maximum Gasteiger partial charge on any atom is 0.317 e. The molecule has 2 amide bonds. The molecular formula is C14H20N2O3S. The molecule has 2 heterocycles. The Kier molecular flexibility index (Phi) is 5.40. The van der Waals surface area contributed by atoms with E-state index < -0.39 is 5.97 Å². The van der Waals surface area contributed by atoms with Crippen LogP contribution in [0.3, 0.4) is 0 Å². The van der Waals surface area contributed by atoms with Crippen molar-refractivity contribution in [1.29, 1.82) is 0 Å². The van der Waals surface area contributed by atoms with Gasteiger partial charge in [0, 0.05) is 30.9 Å². The molecule has 1 aliphatic rings. The van der Waals surface area contributed by atoms with E-state index in [-0.39, 0.29) is 18.4 Å². The average Bonchev–Trinajstić information content (AvgIpc) is 2.92. The fourth-order valence-electron chi connectivity index (χ4n) is 2.45. The third-order valence-corrected chi connectivity index (χ3v) is 4.53.